The number of aromatic nitrogens is 2. The maximum atomic E-state index is 5.67. The van der Waals surface area contributed by atoms with E-state index in [0.717, 1.165) is 15.7 Å². The molecule has 0 spiro atoms. The van der Waals surface area contributed by atoms with Gasteiger partial charge in [0.25, 0.3) is 0 Å². The molecule has 0 bridgehead atoms. The number of nitrogen functional groups attached to an aromatic ring is 1. The number of benzene rings is 1. The van der Waals surface area contributed by atoms with Gasteiger partial charge >= 0.3 is 0 Å². The Labute approximate surface area is 96.8 Å². The number of hydrogen-bond acceptors (Lipinski definition) is 2. The molecule has 1 aromatic carbocycles. The number of nitrogens with two attached hydrogens (primary N) is 1. The Bertz CT molecular complexity index is 503. The normalized spacial score (nSPS) is 10.6. The predicted octanol–water partition coefficient (Wildman–Crippen LogP) is 3.04. The monoisotopic (exact) mass is 265 g/mol. The van der Waals surface area contributed by atoms with E-state index in [2.05, 4.69) is 58.2 Å². The van der Waals surface area contributed by atoms with Crippen LogP contribution in [0.15, 0.2) is 22.7 Å². The molecule has 0 saturated heterocycles. The van der Waals surface area contributed by atoms with E-state index in [4.69, 9.17) is 5.73 Å². The van der Waals surface area contributed by atoms with E-state index in [1.165, 1.54) is 11.1 Å². The molecule has 3 nitrogen and oxygen atoms in total. The van der Waals surface area contributed by atoms with Gasteiger partial charge < -0.3 is 5.73 Å². The maximum Gasteiger partial charge on any atom is 0.160 e. The van der Waals surface area contributed by atoms with Gasteiger partial charge in [0.1, 0.15) is 0 Å². The van der Waals surface area contributed by atoms with Crippen molar-refractivity contribution in [1.82, 2.24) is 10.2 Å². The Kier molecular flexibility index (Phi) is 2.52. The molecule has 0 aliphatic heterocycles. The molecule has 2 rings (SSSR count). The first-order valence-electron chi connectivity index (χ1n) is 4.66. The van der Waals surface area contributed by atoms with Crippen LogP contribution in [0.25, 0.3) is 11.3 Å². The van der Waals surface area contributed by atoms with E-state index < -0.39 is 0 Å². The highest BCUT2D eigenvalue weighted by atomic mass is 79.9. The fourth-order valence-corrected chi connectivity index (χ4v) is 2.01. The van der Waals surface area contributed by atoms with Crippen LogP contribution in [-0.4, -0.2) is 10.2 Å². The van der Waals surface area contributed by atoms with Crippen LogP contribution in [0.1, 0.15) is 11.1 Å². The molecule has 0 atom stereocenters. The number of nitrogens with one attached hydrogen (secondary N) is 1. The van der Waals surface area contributed by atoms with Crippen molar-refractivity contribution < 1.29 is 0 Å². The molecule has 0 fully saturated rings. The fourth-order valence-electron chi connectivity index (χ4n) is 1.61. The number of halogens is 1. The summed E-state index contributed by atoms with van der Waals surface area (Å²) in [6.07, 6.45) is 0. The molecule has 2 aromatic rings. The second-order valence-corrected chi connectivity index (χ2v) is 4.41. The molecule has 3 N–H and O–H groups in total. The lowest BCUT2D eigenvalue weighted by atomic mass is 10.0. The third-order valence-electron chi connectivity index (χ3n) is 2.38. The van der Waals surface area contributed by atoms with Crippen LogP contribution in [0, 0.1) is 13.8 Å². The molecule has 0 saturated carbocycles. The Balaban J connectivity index is 2.59. The lowest BCUT2D eigenvalue weighted by Gasteiger charge is -2.04. The van der Waals surface area contributed by atoms with Crippen molar-refractivity contribution in [2.24, 2.45) is 0 Å². The van der Waals surface area contributed by atoms with Gasteiger partial charge in [0.2, 0.25) is 0 Å². The molecule has 78 valence electrons. The van der Waals surface area contributed by atoms with Crippen molar-refractivity contribution in [3.05, 3.63) is 33.8 Å². The van der Waals surface area contributed by atoms with Crippen LogP contribution in [0.5, 0.6) is 0 Å². The molecule has 4 heteroatoms. The summed E-state index contributed by atoms with van der Waals surface area (Å²) in [7, 11) is 0. The first kappa shape index (κ1) is 10.2. The highest BCUT2D eigenvalue weighted by Gasteiger charge is 2.11. The van der Waals surface area contributed by atoms with E-state index in [9.17, 15) is 0 Å². The molecule has 0 aliphatic rings. The molecule has 0 radical (unpaired) electrons. The van der Waals surface area contributed by atoms with Gasteiger partial charge in [-0.3, -0.25) is 5.10 Å². The third-order valence-corrected chi connectivity index (χ3v) is 3.19. The molecule has 0 unspecified atom stereocenters. The average Bonchev–Trinajstić information content (AvgIpc) is 2.49. The van der Waals surface area contributed by atoms with Crippen LogP contribution in [-0.2, 0) is 0 Å². The summed E-state index contributed by atoms with van der Waals surface area (Å²) >= 11 is 3.42. The number of hydrogen-bond donors (Lipinski definition) is 2. The number of rotatable bonds is 1. The second kappa shape index (κ2) is 3.70. The molecule has 0 aliphatic carbocycles. The number of anilines is 1. The highest BCUT2D eigenvalue weighted by molar-refractivity contribution is 9.10. The Morgan fingerprint density at radius 2 is 2.07 bits per heavy atom. The highest BCUT2D eigenvalue weighted by Crippen LogP contribution is 2.32. The van der Waals surface area contributed by atoms with Crippen molar-refractivity contribution in [3.63, 3.8) is 0 Å². The second-order valence-electron chi connectivity index (χ2n) is 3.62. The van der Waals surface area contributed by atoms with E-state index >= 15 is 0 Å². The molecular formula is C11H12BrN3. The van der Waals surface area contributed by atoms with Gasteiger partial charge in [-0.15, -0.1) is 0 Å². The van der Waals surface area contributed by atoms with Gasteiger partial charge in [0.15, 0.2) is 5.82 Å². The quantitative estimate of drug-likeness (QED) is 0.833. The van der Waals surface area contributed by atoms with Crippen LogP contribution in [0.3, 0.4) is 0 Å². The van der Waals surface area contributed by atoms with E-state index in [-0.39, 0.29) is 0 Å². The lowest BCUT2D eigenvalue weighted by molar-refractivity contribution is 1.10. The van der Waals surface area contributed by atoms with Crippen molar-refractivity contribution in [3.8, 4) is 11.3 Å². The Hall–Kier alpha value is -1.29. The van der Waals surface area contributed by atoms with Gasteiger partial charge in [-0.2, -0.15) is 5.10 Å². The number of aromatic amines is 1. The first-order valence-corrected chi connectivity index (χ1v) is 5.46. The number of H-pyrrole nitrogens is 1. The smallest absolute Gasteiger partial charge is 0.160 e. The topological polar surface area (TPSA) is 54.7 Å². The molecule has 15 heavy (non-hydrogen) atoms. The molecule has 0 amide bonds. The zero-order valence-corrected chi connectivity index (χ0v) is 10.2. The molecular weight excluding hydrogens is 254 g/mol. The minimum Gasteiger partial charge on any atom is -0.381 e. The zero-order valence-electron chi connectivity index (χ0n) is 8.63. The van der Waals surface area contributed by atoms with Gasteiger partial charge in [-0.25, -0.2) is 0 Å². The minimum atomic E-state index is 0.491. The maximum absolute atomic E-state index is 5.67. The summed E-state index contributed by atoms with van der Waals surface area (Å²) in [5.41, 5.74) is 10.2. The van der Waals surface area contributed by atoms with Crippen LogP contribution < -0.4 is 5.73 Å². The van der Waals surface area contributed by atoms with Gasteiger partial charge in [-0.1, -0.05) is 23.8 Å². The van der Waals surface area contributed by atoms with Gasteiger partial charge in [-0.05, 0) is 35.3 Å². The van der Waals surface area contributed by atoms with E-state index in [0.29, 0.717) is 5.82 Å². The summed E-state index contributed by atoms with van der Waals surface area (Å²) in [5.74, 6) is 0.491. The average molecular weight is 266 g/mol. The van der Waals surface area contributed by atoms with Gasteiger partial charge in [0.05, 0.1) is 10.2 Å². The van der Waals surface area contributed by atoms with E-state index in [1.807, 2.05) is 0 Å². The number of aryl methyl sites for hydroxylation is 2. The van der Waals surface area contributed by atoms with Crippen LogP contribution in [0.2, 0.25) is 0 Å². The van der Waals surface area contributed by atoms with Crippen molar-refractivity contribution >= 4 is 21.7 Å². The third kappa shape index (κ3) is 1.77. The molecule has 1 aromatic heterocycles. The Morgan fingerprint density at radius 3 is 2.60 bits per heavy atom. The summed E-state index contributed by atoms with van der Waals surface area (Å²) in [5, 5.41) is 6.89. The minimum absolute atomic E-state index is 0.491. The summed E-state index contributed by atoms with van der Waals surface area (Å²) in [6.45, 7) is 4.15. The van der Waals surface area contributed by atoms with E-state index in [1.54, 1.807) is 0 Å². The van der Waals surface area contributed by atoms with Crippen molar-refractivity contribution in [1.29, 1.82) is 0 Å². The summed E-state index contributed by atoms with van der Waals surface area (Å²) in [6, 6.07) is 6.28. The summed E-state index contributed by atoms with van der Waals surface area (Å²) < 4.78 is 0.828. The van der Waals surface area contributed by atoms with Crippen LogP contribution >= 0.6 is 15.9 Å². The van der Waals surface area contributed by atoms with Gasteiger partial charge in [0, 0.05) is 5.56 Å². The standard InChI is InChI=1S/C11H12BrN3/c1-6-3-4-8(7(2)5-6)10-9(12)11(13)15-14-10/h3-5H,1-2H3,(H3,13,14,15). The SMILES string of the molecule is Cc1ccc(-c2[nH]nc(N)c2Br)c(C)c1. The van der Waals surface area contributed by atoms with Crippen molar-refractivity contribution in [2.45, 2.75) is 13.8 Å². The predicted molar refractivity (Wildman–Crippen MR) is 65.6 cm³/mol. The molecule has 1 heterocycles. The zero-order chi connectivity index (χ0) is 11.0. The van der Waals surface area contributed by atoms with Crippen molar-refractivity contribution in [2.75, 3.05) is 5.73 Å². The Morgan fingerprint density at radius 1 is 1.33 bits per heavy atom. The lowest BCUT2D eigenvalue weighted by Crippen LogP contribution is -1.86. The largest absolute Gasteiger partial charge is 0.381 e. The first-order chi connectivity index (χ1) is 7.09. The number of nitrogens with zero attached hydrogens (tertiary/aromatic N) is 1. The fraction of sp³-hybridized carbons (Fsp3) is 0.182. The van der Waals surface area contributed by atoms with Crippen LogP contribution in [0.4, 0.5) is 5.82 Å². The summed E-state index contributed by atoms with van der Waals surface area (Å²) in [4.78, 5) is 0.